The molecule has 1 saturated carbocycles. The zero-order valence-electron chi connectivity index (χ0n) is 13.3. The summed E-state index contributed by atoms with van der Waals surface area (Å²) in [6.45, 7) is 1.84. The highest BCUT2D eigenvalue weighted by Gasteiger charge is 2.36. The molecular formula is C17H20F3NO3. The fraction of sp³-hybridized carbons (Fsp3) is 0.529. The van der Waals surface area contributed by atoms with Crippen LogP contribution in [-0.2, 0) is 22.2 Å². The van der Waals surface area contributed by atoms with E-state index in [0.29, 0.717) is 31.2 Å². The van der Waals surface area contributed by atoms with Crippen molar-refractivity contribution in [3.05, 3.63) is 35.4 Å². The van der Waals surface area contributed by atoms with Gasteiger partial charge in [0.25, 0.3) is 0 Å². The number of hydrogen-bond acceptors (Lipinski definition) is 2. The fourth-order valence-corrected chi connectivity index (χ4v) is 2.79. The van der Waals surface area contributed by atoms with Crippen molar-refractivity contribution in [2.45, 2.75) is 44.8 Å². The summed E-state index contributed by atoms with van der Waals surface area (Å²) in [7, 11) is 0. The van der Waals surface area contributed by atoms with Gasteiger partial charge >= 0.3 is 12.1 Å². The van der Waals surface area contributed by atoms with Gasteiger partial charge < -0.3 is 10.4 Å². The van der Waals surface area contributed by atoms with Crippen LogP contribution >= 0.6 is 0 Å². The minimum atomic E-state index is -4.37. The molecule has 1 amide bonds. The van der Waals surface area contributed by atoms with Gasteiger partial charge in [-0.2, -0.15) is 13.2 Å². The minimum absolute atomic E-state index is 0.125. The Bertz CT molecular complexity index is 592. The van der Waals surface area contributed by atoms with Crippen molar-refractivity contribution in [2.75, 3.05) is 0 Å². The molecule has 132 valence electrons. The van der Waals surface area contributed by atoms with E-state index in [2.05, 4.69) is 5.32 Å². The van der Waals surface area contributed by atoms with Gasteiger partial charge in [0.05, 0.1) is 11.5 Å². The largest absolute Gasteiger partial charge is 0.481 e. The molecule has 1 unspecified atom stereocenters. The van der Waals surface area contributed by atoms with Crippen LogP contribution in [-0.4, -0.2) is 23.0 Å². The number of carbonyl (C=O) groups excluding carboxylic acids is 1. The number of carboxylic acids is 1. The maximum absolute atomic E-state index is 12.5. The van der Waals surface area contributed by atoms with Crippen molar-refractivity contribution in [1.29, 1.82) is 0 Å². The van der Waals surface area contributed by atoms with Gasteiger partial charge in [0.1, 0.15) is 0 Å². The molecule has 0 bridgehead atoms. The van der Waals surface area contributed by atoms with Gasteiger partial charge in [0, 0.05) is 12.0 Å². The quantitative estimate of drug-likeness (QED) is 0.833. The number of alkyl halides is 3. The molecule has 24 heavy (non-hydrogen) atoms. The molecule has 0 heterocycles. The number of nitrogens with one attached hydrogen (secondary N) is 1. The van der Waals surface area contributed by atoms with Crippen molar-refractivity contribution in [2.24, 2.45) is 11.8 Å². The Morgan fingerprint density at radius 3 is 2.29 bits per heavy atom. The molecule has 0 saturated heterocycles. The summed E-state index contributed by atoms with van der Waals surface area (Å²) >= 11 is 0. The lowest BCUT2D eigenvalue weighted by Gasteiger charge is -2.33. The van der Waals surface area contributed by atoms with E-state index < -0.39 is 23.6 Å². The second-order valence-corrected chi connectivity index (χ2v) is 6.22. The van der Waals surface area contributed by atoms with E-state index in [1.165, 1.54) is 12.1 Å². The summed E-state index contributed by atoms with van der Waals surface area (Å²) in [5, 5.41) is 11.6. The summed E-state index contributed by atoms with van der Waals surface area (Å²) in [6, 6.07) is 4.69. The second kappa shape index (κ2) is 7.23. The van der Waals surface area contributed by atoms with Gasteiger partial charge in [-0.25, -0.2) is 0 Å². The second-order valence-electron chi connectivity index (χ2n) is 6.22. The number of rotatable bonds is 6. The zero-order chi connectivity index (χ0) is 17.9. The van der Waals surface area contributed by atoms with E-state index in [9.17, 15) is 22.8 Å². The lowest BCUT2D eigenvalue weighted by Crippen LogP contribution is -2.48. The number of carboxylic acid groups (broad SMARTS) is 1. The Hall–Kier alpha value is -2.05. The van der Waals surface area contributed by atoms with Crippen LogP contribution in [0.25, 0.3) is 0 Å². The average molecular weight is 343 g/mol. The van der Waals surface area contributed by atoms with Crippen LogP contribution in [0.3, 0.4) is 0 Å². The monoisotopic (exact) mass is 343 g/mol. The van der Waals surface area contributed by atoms with E-state index in [-0.39, 0.29) is 17.9 Å². The Kier molecular flexibility index (Phi) is 5.51. The van der Waals surface area contributed by atoms with Gasteiger partial charge in [-0.05, 0) is 43.4 Å². The maximum atomic E-state index is 12.5. The van der Waals surface area contributed by atoms with Crippen molar-refractivity contribution in [3.63, 3.8) is 0 Å². The first-order valence-electron chi connectivity index (χ1n) is 7.90. The molecule has 0 spiro atoms. The topological polar surface area (TPSA) is 66.4 Å². The standard InChI is InChI=1S/C17H20F3NO3/c1-2-11(15(22)21-14-8-12(9-14)16(23)24)7-10-3-5-13(6-4-10)17(18,19)20/h3-6,11-12,14H,2,7-9H2,1H3,(H,21,22)(H,23,24). The maximum Gasteiger partial charge on any atom is 0.416 e. The first-order valence-corrected chi connectivity index (χ1v) is 7.90. The average Bonchev–Trinajstić information content (AvgIpc) is 2.46. The molecule has 4 nitrogen and oxygen atoms in total. The number of carbonyl (C=O) groups is 2. The highest BCUT2D eigenvalue weighted by atomic mass is 19.4. The first kappa shape index (κ1) is 18.3. The molecule has 2 N–H and O–H groups in total. The van der Waals surface area contributed by atoms with E-state index in [1.54, 1.807) is 0 Å². The molecule has 1 aliphatic rings. The Morgan fingerprint density at radius 1 is 1.25 bits per heavy atom. The van der Waals surface area contributed by atoms with Gasteiger partial charge in [-0.3, -0.25) is 9.59 Å². The van der Waals surface area contributed by atoms with E-state index >= 15 is 0 Å². The van der Waals surface area contributed by atoms with Crippen LogP contribution in [0, 0.1) is 11.8 Å². The van der Waals surface area contributed by atoms with Crippen molar-refractivity contribution < 1.29 is 27.9 Å². The first-order chi connectivity index (χ1) is 11.2. The summed E-state index contributed by atoms with van der Waals surface area (Å²) in [5.74, 6) is -1.76. The van der Waals surface area contributed by atoms with E-state index in [1.807, 2.05) is 6.92 Å². The zero-order valence-corrected chi connectivity index (χ0v) is 13.3. The number of halogens is 3. The van der Waals surface area contributed by atoms with Crippen molar-refractivity contribution in [3.8, 4) is 0 Å². The van der Waals surface area contributed by atoms with Crippen molar-refractivity contribution in [1.82, 2.24) is 5.32 Å². The van der Waals surface area contributed by atoms with Gasteiger partial charge in [0.15, 0.2) is 0 Å². The Morgan fingerprint density at radius 2 is 1.83 bits per heavy atom. The molecule has 1 aliphatic carbocycles. The number of hydrogen-bond donors (Lipinski definition) is 2. The third-order valence-corrected chi connectivity index (χ3v) is 4.46. The normalized spacial score (nSPS) is 21.7. The summed E-state index contributed by atoms with van der Waals surface area (Å²) in [6.07, 6.45) is -2.60. The number of amides is 1. The minimum Gasteiger partial charge on any atom is -0.481 e. The molecule has 0 radical (unpaired) electrons. The van der Waals surface area contributed by atoms with Gasteiger partial charge in [-0.1, -0.05) is 19.1 Å². The van der Waals surface area contributed by atoms with E-state index in [0.717, 1.165) is 12.1 Å². The third-order valence-electron chi connectivity index (χ3n) is 4.46. The van der Waals surface area contributed by atoms with Crippen LogP contribution in [0.15, 0.2) is 24.3 Å². The Balaban J connectivity index is 1.89. The predicted octanol–water partition coefficient (Wildman–Crippen LogP) is 3.25. The predicted molar refractivity (Wildman–Crippen MR) is 81.2 cm³/mol. The molecule has 1 aromatic rings. The lowest BCUT2D eigenvalue weighted by atomic mass is 9.80. The molecule has 0 aliphatic heterocycles. The number of aliphatic carboxylic acids is 1. The van der Waals surface area contributed by atoms with Gasteiger partial charge in [0.2, 0.25) is 5.91 Å². The van der Waals surface area contributed by atoms with Crippen LogP contribution in [0.1, 0.15) is 37.3 Å². The van der Waals surface area contributed by atoms with Gasteiger partial charge in [-0.15, -0.1) is 0 Å². The fourth-order valence-electron chi connectivity index (χ4n) is 2.79. The van der Waals surface area contributed by atoms with E-state index in [4.69, 9.17) is 5.11 Å². The SMILES string of the molecule is CCC(Cc1ccc(C(F)(F)F)cc1)C(=O)NC1CC(C(=O)O)C1. The molecule has 7 heteroatoms. The van der Waals surface area contributed by atoms with Crippen LogP contribution < -0.4 is 5.32 Å². The molecule has 1 fully saturated rings. The summed E-state index contributed by atoms with van der Waals surface area (Å²) in [5.41, 5.74) is -0.0417. The van der Waals surface area contributed by atoms with Crippen molar-refractivity contribution >= 4 is 11.9 Å². The summed E-state index contributed by atoms with van der Waals surface area (Å²) < 4.78 is 37.6. The highest BCUT2D eigenvalue weighted by molar-refractivity contribution is 5.80. The highest BCUT2D eigenvalue weighted by Crippen LogP contribution is 2.30. The van der Waals surface area contributed by atoms with Crippen LogP contribution in [0.4, 0.5) is 13.2 Å². The Labute approximate surface area is 138 Å². The third kappa shape index (κ3) is 4.49. The number of benzene rings is 1. The molecule has 1 atom stereocenters. The molecule has 0 aromatic heterocycles. The molecular weight excluding hydrogens is 323 g/mol. The molecule has 2 rings (SSSR count). The summed E-state index contributed by atoms with van der Waals surface area (Å²) in [4.78, 5) is 23.0. The smallest absolute Gasteiger partial charge is 0.416 e. The lowest BCUT2D eigenvalue weighted by molar-refractivity contribution is -0.146. The van der Waals surface area contributed by atoms with Crippen LogP contribution in [0.5, 0.6) is 0 Å². The molecule has 1 aromatic carbocycles. The van der Waals surface area contributed by atoms with Crippen LogP contribution in [0.2, 0.25) is 0 Å².